The molecule has 124 valence electrons. The first-order chi connectivity index (χ1) is 11.0. The van der Waals surface area contributed by atoms with Gasteiger partial charge in [-0.15, -0.1) is 0 Å². The van der Waals surface area contributed by atoms with Crippen LogP contribution in [0.1, 0.15) is 63.5 Å². The van der Waals surface area contributed by atoms with E-state index in [2.05, 4.69) is 5.32 Å². The summed E-state index contributed by atoms with van der Waals surface area (Å²) in [5.74, 6) is 2.51. The molecule has 4 bridgehead atoms. The second kappa shape index (κ2) is 5.61. The molecule has 4 saturated carbocycles. The standard InChI is InChI=1S/C20H26FNO/c1-13(17-3-2-4-18(21)8-17)22-19(23)12-20-9-14-5-15(10-20)7-16(6-14)11-20/h2-4,8,13-16H,5-7,9-12H2,1H3,(H,22,23). The Morgan fingerprint density at radius 1 is 1.22 bits per heavy atom. The van der Waals surface area contributed by atoms with Gasteiger partial charge in [0.05, 0.1) is 6.04 Å². The van der Waals surface area contributed by atoms with Crippen molar-refractivity contribution in [3.63, 3.8) is 0 Å². The molecular weight excluding hydrogens is 289 g/mol. The molecule has 4 aliphatic carbocycles. The fraction of sp³-hybridized carbons (Fsp3) is 0.650. The second-order valence-electron chi connectivity index (χ2n) is 8.44. The Morgan fingerprint density at radius 2 is 1.83 bits per heavy atom. The highest BCUT2D eigenvalue weighted by Crippen LogP contribution is 2.61. The van der Waals surface area contributed by atoms with Crippen LogP contribution in [-0.2, 0) is 4.79 Å². The molecule has 0 aromatic heterocycles. The van der Waals surface area contributed by atoms with Crippen molar-refractivity contribution in [1.29, 1.82) is 0 Å². The zero-order valence-corrected chi connectivity index (χ0v) is 13.9. The van der Waals surface area contributed by atoms with Crippen molar-refractivity contribution in [2.45, 2.75) is 57.9 Å². The molecule has 0 heterocycles. The van der Waals surface area contributed by atoms with E-state index in [9.17, 15) is 9.18 Å². The summed E-state index contributed by atoms with van der Waals surface area (Å²) >= 11 is 0. The van der Waals surface area contributed by atoms with Gasteiger partial charge in [-0.05, 0) is 86.3 Å². The van der Waals surface area contributed by atoms with E-state index in [0.717, 1.165) is 23.3 Å². The molecule has 0 aliphatic heterocycles. The second-order valence-corrected chi connectivity index (χ2v) is 8.44. The normalized spacial score (nSPS) is 36.0. The lowest BCUT2D eigenvalue weighted by molar-refractivity contribution is -0.130. The molecule has 4 aliphatic rings. The maximum atomic E-state index is 13.3. The molecule has 0 radical (unpaired) electrons. The number of hydrogen-bond acceptors (Lipinski definition) is 1. The van der Waals surface area contributed by atoms with Gasteiger partial charge in [0.1, 0.15) is 5.82 Å². The molecule has 1 N–H and O–H groups in total. The lowest BCUT2D eigenvalue weighted by Gasteiger charge is -2.56. The Kier molecular flexibility index (Phi) is 3.70. The molecule has 23 heavy (non-hydrogen) atoms. The van der Waals surface area contributed by atoms with Crippen LogP contribution in [0.5, 0.6) is 0 Å². The molecule has 3 heteroatoms. The Labute approximate surface area is 137 Å². The minimum atomic E-state index is -0.246. The summed E-state index contributed by atoms with van der Waals surface area (Å²) in [6.45, 7) is 1.94. The highest BCUT2D eigenvalue weighted by atomic mass is 19.1. The maximum Gasteiger partial charge on any atom is 0.221 e. The van der Waals surface area contributed by atoms with Crippen molar-refractivity contribution in [3.05, 3.63) is 35.6 Å². The maximum absolute atomic E-state index is 13.3. The summed E-state index contributed by atoms with van der Waals surface area (Å²) in [5, 5.41) is 3.09. The van der Waals surface area contributed by atoms with Crippen LogP contribution in [-0.4, -0.2) is 5.91 Å². The number of amides is 1. The molecule has 5 rings (SSSR count). The van der Waals surface area contributed by atoms with Gasteiger partial charge >= 0.3 is 0 Å². The predicted molar refractivity (Wildman–Crippen MR) is 88.2 cm³/mol. The van der Waals surface area contributed by atoms with Crippen LogP contribution < -0.4 is 5.32 Å². The van der Waals surface area contributed by atoms with Crippen LogP contribution in [0.25, 0.3) is 0 Å². The summed E-state index contributed by atoms with van der Waals surface area (Å²) in [5.41, 5.74) is 1.10. The van der Waals surface area contributed by atoms with Gasteiger partial charge in [0.25, 0.3) is 0 Å². The molecule has 1 amide bonds. The van der Waals surface area contributed by atoms with Gasteiger partial charge in [-0.25, -0.2) is 4.39 Å². The van der Waals surface area contributed by atoms with Gasteiger partial charge in [0.15, 0.2) is 0 Å². The first-order valence-electron chi connectivity index (χ1n) is 9.06. The van der Waals surface area contributed by atoms with E-state index >= 15 is 0 Å². The van der Waals surface area contributed by atoms with E-state index < -0.39 is 0 Å². The summed E-state index contributed by atoms with van der Waals surface area (Å²) in [4.78, 5) is 12.6. The number of nitrogens with one attached hydrogen (secondary N) is 1. The molecule has 0 saturated heterocycles. The molecule has 1 atom stereocenters. The van der Waals surface area contributed by atoms with Gasteiger partial charge < -0.3 is 5.32 Å². The summed E-state index contributed by atoms with van der Waals surface area (Å²) in [6.07, 6.45) is 8.63. The number of hydrogen-bond donors (Lipinski definition) is 1. The van der Waals surface area contributed by atoms with Crippen molar-refractivity contribution in [2.24, 2.45) is 23.2 Å². The lowest BCUT2D eigenvalue weighted by atomic mass is 9.49. The average molecular weight is 315 g/mol. The quantitative estimate of drug-likeness (QED) is 0.864. The van der Waals surface area contributed by atoms with E-state index in [-0.39, 0.29) is 23.2 Å². The van der Waals surface area contributed by atoms with Gasteiger partial charge in [-0.1, -0.05) is 12.1 Å². The summed E-state index contributed by atoms with van der Waals surface area (Å²) in [7, 11) is 0. The molecule has 1 aromatic rings. The Morgan fingerprint density at radius 3 is 2.39 bits per heavy atom. The van der Waals surface area contributed by atoms with Crippen LogP contribution in [0, 0.1) is 29.0 Å². The highest BCUT2D eigenvalue weighted by Gasteiger charge is 2.51. The van der Waals surface area contributed by atoms with E-state index in [0.29, 0.717) is 6.42 Å². The molecule has 2 nitrogen and oxygen atoms in total. The Balaban J connectivity index is 1.40. The Bertz CT molecular complexity index is 576. The SMILES string of the molecule is CC(NC(=O)CC12CC3CC(CC(C3)C1)C2)c1cccc(F)c1. The van der Waals surface area contributed by atoms with Crippen LogP contribution in [0.3, 0.4) is 0 Å². The number of benzene rings is 1. The molecule has 1 unspecified atom stereocenters. The molecule has 4 fully saturated rings. The number of carbonyl (C=O) groups excluding carboxylic acids is 1. The lowest BCUT2D eigenvalue weighted by Crippen LogP contribution is -2.48. The van der Waals surface area contributed by atoms with Gasteiger partial charge in [0, 0.05) is 6.42 Å². The largest absolute Gasteiger partial charge is 0.350 e. The van der Waals surface area contributed by atoms with Crippen LogP contribution in [0.15, 0.2) is 24.3 Å². The van der Waals surface area contributed by atoms with Crippen molar-refractivity contribution >= 4 is 5.91 Å². The number of carbonyl (C=O) groups is 1. The minimum Gasteiger partial charge on any atom is -0.350 e. The first kappa shape index (κ1) is 15.2. The van der Waals surface area contributed by atoms with E-state index in [1.807, 2.05) is 13.0 Å². The zero-order valence-electron chi connectivity index (χ0n) is 13.9. The molecular formula is C20H26FNO. The van der Waals surface area contributed by atoms with Crippen molar-refractivity contribution in [2.75, 3.05) is 0 Å². The van der Waals surface area contributed by atoms with Gasteiger partial charge in [-0.3, -0.25) is 4.79 Å². The third kappa shape index (κ3) is 3.02. The third-order valence-electron chi connectivity index (χ3n) is 6.43. The van der Waals surface area contributed by atoms with Crippen molar-refractivity contribution in [1.82, 2.24) is 5.32 Å². The smallest absolute Gasteiger partial charge is 0.221 e. The van der Waals surface area contributed by atoms with Gasteiger partial charge in [-0.2, -0.15) is 0 Å². The van der Waals surface area contributed by atoms with E-state index in [4.69, 9.17) is 0 Å². The predicted octanol–water partition coefficient (Wildman–Crippen LogP) is 4.61. The topological polar surface area (TPSA) is 29.1 Å². The summed E-state index contributed by atoms with van der Waals surface area (Å²) < 4.78 is 13.3. The minimum absolute atomic E-state index is 0.132. The summed E-state index contributed by atoms with van der Waals surface area (Å²) in [6, 6.07) is 6.39. The van der Waals surface area contributed by atoms with Crippen LogP contribution in [0.2, 0.25) is 0 Å². The van der Waals surface area contributed by atoms with E-state index in [1.54, 1.807) is 6.07 Å². The average Bonchev–Trinajstić information content (AvgIpc) is 2.44. The van der Waals surface area contributed by atoms with Crippen molar-refractivity contribution < 1.29 is 9.18 Å². The van der Waals surface area contributed by atoms with E-state index in [1.165, 1.54) is 50.7 Å². The molecule has 0 spiro atoms. The Hall–Kier alpha value is -1.38. The fourth-order valence-corrected chi connectivity index (χ4v) is 6.00. The van der Waals surface area contributed by atoms with Crippen LogP contribution in [0.4, 0.5) is 4.39 Å². The fourth-order valence-electron chi connectivity index (χ4n) is 6.00. The third-order valence-corrected chi connectivity index (χ3v) is 6.43. The van der Waals surface area contributed by atoms with Crippen LogP contribution >= 0.6 is 0 Å². The molecule has 1 aromatic carbocycles. The zero-order chi connectivity index (χ0) is 16.0. The first-order valence-corrected chi connectivity index (χ1v) is 9.06. The number of rotatable bonds is 4. The number of halogens is 1. The highest BCUT2D eigenvalue weighted by molar-refractivity contribution is 5.77. The van der Waals surface area contributed by atoms with Gasteiger partial charge in [0.2, 0.25) is 5.91 Å². The van der Waals surface area contributed by atoms with Crippen molar-refractivity contribution in [3.8, 4) is 0 Å². The monoisotopic (exact) mass is 315 g/mol.